The van der Waals surface area contributed by atoms with Crippen molar-refractivity contribution in [3.8, 4) is 11.3 Å². The van der Waals surface area contributed by atoms with E-state index >= 15 is 0 Å². The number of nitrogens with one attached hydrogen (secondary N) is 3. The molecule has 6 nitrogen and oxygen atoms in total. The Kier molecular flexibility index (Phi) is 5.93. The van der Waals surface area contributed by atoms with Gasteiger partial charge >= 0.3 is 0 Å². The van der Waals surface area contributed by atoms with Gasteiger partial charge in [0, 0.05) is 53.7 Å². The fraction of sp³-hybridized carbons (Fsp3) is 0.292. The summed E-state index contributed by atoms with van der Waals surface area (Å²) in [7, 11) is 0. The van der Waals surface area contributed by atoms with E-state index in [9.17, 15) is 0 Å². The van der Waals surface area contributed by atoms with Gasteiger partial charge in [-0.1, -0.05) is 25.1 Å². The lowest BCUT2D eigenvalue weighted by molar-refractivity contribution is 0.758. The van der Waals surface area contributed by atoms with E-state index in [0.717, 1.165) is 47.5 Å². The van der Waals surface area contributed by atoms with Crippen LogP contribution in [0.2, 0.25) is 0 Å². The number of hydrogen-bond acceptors (Lipinski definition) is 5. The molecule has 0 bridgehead atoms. The van der Waals surface area contributed by atoms with Gasteiger partial charge in [-0.2, -0.15) is 4.98 Å². The van der Waals surface area contributed by atoms with Gasteiger partial charge in [0.2, 0.25) is 5.95 Å². The molecule has 0 aliphatic carbocycles. The highest BCUT2D eigenvalue weighted by Gasteiger charge is 2.10. The van der Waals surface area contributed by atoms with Gasteiger partial charge in [0.1, 0.15) is 5.82 Å². The van der Waals surface area contributed by atoms with Crippen molar-refractivity contribution in [2.24, 2.45) is 0 Å². The number of anilines is 2. The van der Waals surface area contributed by atoms with E-state index in [-0.39, 0.29) is 0 Å². The summed E-state index contributed by atoms with van der Waals surface area (Å²) in [5.41, 5.74) is 5.41. The van der Waals surface area contributed by atoms with E-state index < -0.39 is 0 Å². The maximum atomic E-state index is 4.75. The number of hydrogen-bond donors (Lipinski definition) is 3. The molecule has 6 heteroatoms. The third-order valence-corrected chi connectivity index (χ3v) is 5.26. The molecular weight excluding hydrogens is 372 g/mol. The summed E-state index contributed by atoms with van der Waals surface area (Å²) in [5, 5.41) is 8.14. The van der Waals surface area contributed by atoms with Crippen LogP contribution in [-0.4, -0.2) is 32.5 Å². The van der Waals surface area contributed by atoms with E-state index in [1.54, 1.807) is 0 Å². The van der Waals surface area contributed by atoms with Crippen LogP contribution in [-0.2, 0) is 6.42 Å². The van der Waals surface area contributed by atoms with E-state index in [4.69, 9.17) is 4.98 Å². The molecule has 0 saturated carbocycles. The van der Waals surface area contributed by atoms with Crippen molar-refractivity contribution >= 4 is 22.7 Å². The Morgan fingerprint density at radius 1 is 1.10 bits per heavy atom. The second-order valence-electron chi connectivity index (χ2n) is 7.70. The Morgan fingerprint density at radius 2 is 1.97 bits per heavy atom. The highest BCUT2D eigenvalue weighted by atomic mass is 15.1. The van der Waals surface area contributed by atoms with Gasteiger partial charge in [0.05, 0.1) is 5.69 Å². The van der Waals surface area contributed by atoms with E-state index in [2.05, 4.69) is 69.9 Å². The smallest absolute Gasteiger partial charge is 0.225 e. The summed E-state index contributed by atoms with van der Waals surface area (Å²) in [6.45, 7) is 7.10. The van der Waals surface area contributed by atoms with Crippen molar-refractivity contribution in [1.82, 2.24) is 19.9 Å². The molecule has 0 amide bonds. The lowest BCUT2D eigenvalue weighted by atomic mass is 10.1. The second-order valence-corrected chi connectivity index (χ2v) is 7.70. The van der Waals surface area contributed by atoms with Gasteiger partial charge in [-0.05, 0) is 49.9 Å². The molecule has 0 aliphatic rings. The number of nitrogens with zero attached hydrogens (tertiary/aromatic N) is 3. The summed E-state index contributed by atoms with van der Waals surface area (Å²) >= 11 is 0. The van der Waals surface area contributed by atoms with Crippen LogP contribution < -0.4 is 10.6 Å². The van der Waals surface area contributed by atoms with Crippen LogP contribution in [0.1, 0.15) is 31.4 Å². The molecule has 0 fully saturated rings. The molecule has 1 atom stereocenters. The molecule has 0 spiro atoms. The molecule has 3 heterocycles. The largest absolute Gasteiger partial charge is 0.367 e. The Hall–Kier alpha value is -3.41. The maximum Gasteiger partial charge on any atom is 0.225 e. The van der Waals surface area contributed by atoms with E-state index in [0.29, 0.717) is 12.0 Å². The number of para-hydroxylation sites is 1. The summed E-state index contributed by atoms with van der Waals surface area (Å²) in [6, 6.07) is 12.8. The van der Waals surface area contributed by atoms with Crippen LogP contribution in [0.15, 0.2) is 55.0 Å². The zero-order chi connectivity index (χ0) is 20.9. The molecule has 4 aromatic rings. The normalized spacial score (nSPS) is 12.1. The lowest BCUT2D eigenvalue weighted by Gasteiger charge is -2.15. The lowest BCUT2D eigenvalue weighted by Crippen LogP contribution is -2.16. The number of pyridine rings is 1. The highest BCUT2D eigenvalue weighted by Crippen LogP contribution is 2.23. The fourth-order valence-electron chi connectivity index (χ4n) is 3.45. The van der Waals surface area contributed by atoms with Crippen molar-refractivity contribution in [2.75, 3.05) is 17.2 Å². The molecule has 0 saturated heterocycles. The summed E-state index contributed by atoms with van der Waals surface area (Å²) in [5.74, 6) is 1.45. The number of benzene rings is 1. The van der Waals surface area contributed by atoms with E-state index in [1.807, 2.05) is 31.5 Å². The Morgan fingerprint density at radius 3 is 2.80 bits per heavy atom. The molecule has 0 radical (unpaired) electrons. The second kappa shape index (κ2) is 8.95. The molecular formula is C24H28N6. The van der Waals surface area contributed by atoms with E-state index in [1.165, 1.54) is 10.9 Å². The number of H-pyrrole nitrogens is 1. The predicted molar refractivity (Wildman–Crippen MR) is 124 cm³/mol. The highest BCUT2D eigenvalue weighted by molar-refractivity contribution is 5.83. The molecule has 4 rings (SSSR count). The quantitative estimate of drug-likeness (QED) is 0.379. The van der Waals surface area contributed by atoms with Gasteiger partial charge < -0.3 is 15.6 Å². The minimum absolute atomic E-state index is 0.336. The van der Waals surface area contributed by atoms with Crippen molar-refractivity contribution in [1.29, 1.82) is 0 Å². The first-order valence-electron chi connectivity index (χ1n) is 10.5. The van der Waals surface area contributed by atoms with Crippen LogP contribution >= 0.6 is 0 Å². The molecule has 1 unspecified atom stereocenters. The SMILES string of the molecule is CCC(C)Nc1cc(-c2cncc(C)c2)nc(NCCc2c[nH]c3ccccc23)n1. The van der Waals surface area contributed by atoms with Crippen LogP contribution in [0, 0.1) is 6.92 Å². The zero-order valence-electron chi connectivity index (χ0n) is 17.7. The summed E-state index contributed by atoms with van der Waals surface area (Å²) in [6.07, 6.45) is 7.69. The van der Waals surface area contributed by atoms with Crippen molar-refractivity contribution in [3.63, 3.8) is 0 Å². The standard InChI is InChI=1S/C24H28N6/c1-4-17(3)28-23-12-22(19-11-16(2)13-25-14-19)29-24(30-23)26-10-9-18-15-27-21-8-6-5-7-20(18)21/h5-8,11-15,17,27H,4,9-10H2,1-3H3,(H2,26,28,29,30). The van der Waals surface area contributed by atoms with Crippen LogP contribution in [0.25, 0.3) is 22.2 Å². The van der Waals surface area contributed by atoms with Crippen molar-refractivity contribution < 1.29 is 0 Å². The predicted octanol–water partition coefficient (Wildman–Crippen LogP) is 5.19. The molecule has 3 N–H and O–H groups in total. The minimum atomic E-state index is 0.336. The number of aryl methyl sites for hydroxylation is 1. The van der Waals surface area contributed by atoms with Crippen molar-refractivity contribution in [3.05, 3.63) is 66.1 Å². The first-order chi connectivity index (χ1) is 14.6. The van der Waals surface area contributed by atoms with Crippen LogP contribution in [0.5, 0.6) is 0 Å². The van der Waals surface area contributed by atoms with Crippen LogP contribution in [0.4, 0.5) is 11.8 Å². The Labute approximate surface area is 177 Å². The number of rotatable bonds is 8. The average molecular weight is 401 g/mol. The Balaban J connectivity index is 1.55. The molecule has 3 aromatic heterocycles. The zero-order valence-corrected chi connectivity index (χ0v) is 17.7. The number of fused-ring (bicyclic) bond motifs is 1. The molecule has 154 valence electrons. The molecule has 1 aromatic carbocycles. The minimum Gasteiger partial charge on any atom is -0.367 e. The van der Waals surface area contributed by atoms with Gasteiger partial charge in [-0.25, -0.2) is 4.98 Å². The monoisotopic (exact) mass is 400 g/mol. The maximum absolute atomic E-state index is 4.75. The van der Waals surface area contributed by atoms with Crippen LogP contribution in [0.3, 0.4) is 0 Å². The van der Waals surface area contributed by atoms with Gasteiger partial charge in [-0.3, -0.25) is 4.98 Å². The Bertz CT molecular complexity index is 1130. The van der Waals surface area contributed by atoms with Gasteiger partial charge in [0.25, 0.3) is 0 Å². The van der Waals surface area contributed by atoms with Crippen molar-refractivity contribution in [2.45, 2.75) is 39.7 Å². The molecule has 0 aliphatic heterocycles. The summed E-state index contributed by atoms with van der Waals surface area (Å²) < 4.78 is 0. The third-order valence-electron chi connectivity index (χ3n) is 5.26. The third kappa shape index (κ3) is 4.59. The number of aromatic amines is 1. The fourth-order valence-corrected chi connectivity index (χ4v) is 3.45. The first kappa shape index (κ1) is 19.9. The topological polar surface area (TPSA) is 78.5 Å². The first-order valence-corrected chi connectivity index (χ1v) is 10.5. The average Bonchev–Trinajstić information content (AvgIpc) is 3.17. The van der Waals surface area contributed by atoms with Gasteiger partial charge in [-0.15, -0.1) is 0 Å². The summed E-state index contributed by atoms with van der Waals surface area (Å²) in [4.78, 5) is 17.1. The molecule has 30 heavy (non-hydrogen) atoms. The number of aromatic nitrogens is 4. The van der Waals surface area contributed by atoms with Gasteiger partial charge in [0.15, 0.2) is 0 Å².